The molecule has 0 N–H and O–H groups in total. The molecule has 0 saturated heterocycles. The Morgan fingerprint density at radius 2 is 2.33 bits per heavy atom. The average molecular weight is 126 g/mol. The van der Waals surface area contributed by atoms with E-state index >= 15 is 0 Å². The van der Waals surface area contributed by atoms with Gasteiger partial charge in [0, 0.05) is 0 Å². The average Bonchev–Trinajstić information content (AvgIpc) is 1.61. The van der Waals surface area contributed by atoms with Crippen LogP contribution >= 0.6 is 23.9 Å². The zero-order valence-corrected chi connectivity index (χ0v) is 5.24. The Labute approximate surface area is 46.2 Å². The van der Waals surface area contributed by atoms with E-state index in [2.05, 4.69) is 0 Å². The van der Waals surface area contributed by atoms with E-state index in [0.717, 1.165) is 5.75 Å². The summed E-state index contributed by atoms with van der Waals surface area (Å²) in [5.41, 5.74) is 0. The molecule has 0 heterocycles. The van der Waals surface area contributed by atoms with Gasteiger partial charge in [0.1, 0.15) is 0 Å². The van der Waals surface area contributed by atoms with Gasteiger partial charge < -0.3 is 0 Å². The van der Waals surface area contributed by atoms with E-state index in [1.54, 1.807) is 11.8 Å². The van der Waals surface area contributed by atoms with Crippen molar-refractivity contribution in [1.29, 1.82) is 0 Å². The molecular formula is C3H7FS2. The lowest BCUT2D eigenvalue weighted by Gasteiger charge is -1.83. The maximum Gasteiger partial charge on any atom is 0.0708 e. The molecule has 3 heteroatoms. The van der Waals surface area contributed by atoms with Gasteiger partial charge in [-0.2, -0.15) is 3.89 Å². The second kappa shape index (κ2) is 5.63. The highest BCUT2D eigenvalue weighted by atomic mass is 32.2. The van der Waals surface area contributed by atoms with Crippen LogP contribution in [0.3, 0.4) is 0 Å². The van der Waals surface area contributed by atoms with E-state index < -0.39 is 0 Å². The summed E-state index contributed by atoms with van der Waals surface area (Å²) < 4.78 is 11.1. The molecule has 0 unspecified atom stereocenters. The molecule has 0 amide bonds. The quantitative estimate of drug-likeness (QED) is 0.420. The first-order valence-electron chi connectivity index (χ1n) is 1.73. The fourth-order valence-corrected chi connectivity index (χ4v) is 1.03. The van der Waals surface area contributed by atoms with Crippen LogP contribution in [-0.2, 0) is 0 Å². The topological polar surface area (TPSA) is 0 Å². The van der Waals surface area contributed by atoms with Gasteiger partial charge in [-0.15, -0.1) is 11.8 Å². The summed E-state index contributed by atoms with van der Waals surface area (Å²) in [5, 5.41) is 0.580. The largest absolute Gasteiger partial charge is 0.164 e. The van der Waals surface area contributed by atoms with Gasteiger partial charge in [-0.1, -0.05) is 6.92 Å². The Kier molecular flexibility index (Phi) is 6.22. The molecule has 0 fully saturated rings. The van der Waals surface area contributed by atoms with Crippen molar-refractivity contribution in [2.45, 2.75) is 6.92 Å². The van der Waals surface area contributed by atoms with Crippen LogP contribution in [0.4, 0.5) is 3.89 Å². The second-order valence-corrected chi connectivity index (χ2v) is 2.87. The fourth-order valence-electron chi connectivity index (χ4n) is 0.115. The minimum atomic E-state index is 0.389. The van der Waals surface area contributed by atoms with Crippen molar-refractivity contribution in [2.75, 3.05) is 10.8 Å². The highest BCUT2D eigenvalue weighted by molar-refractivity contribution is 8.13. The molecule has 6 heavy (non-hydrogen) atoms. The zero-order valence-electron chi connectivity index (χ0n) is 3.61. The predicted molar refractivity (Wildman–Crippen MR) is 31.7 cm³/mol. The first-order chi connectivity index (χ1) is 2.91. The molecule has 0 atom stereocenters. The van der Waals surface area contributed by atoms with Crippen molar-refractivity contribution >= 4 is 23.9 Å². The SMILES string of the molecule is CCSCSF. The van der Waals surface area contributed by atoms with Crippen LogP contribution in [0.25, 0.3) is 0 Å². The van der Waals surface area contributed by atoms with Crippen LogP contribution in [0, 0.1) is 0 Å². The number of hydrogen-bond donors (Lipinski definition) is 0. The molecule has 0 aromatic carbocycles. The molecule has 0 spiro atoms. The monoisotopic (exact) mass is 126 g/mol. The highest BCUT2D eigenvalue weighted by Crippen LogP contribution is 2.10. The minimum Gasteiger partial charge on any atom is -0.164 e. The molecule has 0 aliphatic carbocycles. The molecule has 38 valence electrons. The van der Waals surface area contributed by atoms with Crippen molar-refractivity contribution in [1.82, 2.24) is 0 Å². The summed E-state index contributed by atoms with van der Waals surface area (Å²) >= 11 is 1.99. The fraction of sp³-hybridized carbons (Fsp3) is 1.00. The molecule has 0 rings (SSSR count). The molecule has 0 aromatic heterocycles. The lowest BCUT2D eigenvalue weighted by atomic mass is 11.0. The Balaban J connectivity index is 2.34. The lowest BCUT2D eigenvalue weighted by Crippen LogP contribution is -1.64. The van der Waals surface area contributed by atoms with Gasteiger partial charge in [0.2, 0.25) is 0 Å². The first kappa shape index (κ1) is 6.63. The molecule has 0 saturated carbocycles. The van der Waals surface area contributed by atoms with Crippen LogP contribution < -0.4 is 0 Å². The third kappa shape index (κ3) is 4.63. The van der Waals surface area contributed by atoms with Crippen molar-refractivity contribution in [2.24, 2.45) is 0 Å². The van der Waals surface area contributed by atoms with E-state index in [4.69, 9.17) is 0 Å². The predicted octanol–water partition coefficient (Wildman–Crippen LogP) is 2.31. The number of thioether (sulfide) groups is 1. The Hall–Kier alpha value is 0.630. The van der Waals surface area contributed by atoms with Crippen molar-refractivity contribution < 1.29 is 3.89 Å². The number of halogens is 1. The van der Waals surface area contributed by atoms with E-state index in [0.29, 0.717) is 17.2 Å². The van der Waals surface area contributed by atoms with E-state index in [1.807, 2.05) is 6.92 Å². The summed E-state index contributed by atoms with van der Waals surface area (Å²) in [6.07, 6.45) is 0. The van der Waals surface area contributed by atoms with Gasteiger partial charge in [0.05, 0.1) is 17.2 Å². The van der Waals surface area contributed by atoms with Crippen LogP contribution in [0.1, 0.15) is 6.92 Å². The van der Waals surface area contributed by atoms with Gasteiger partial charge in [0.15, 0.2) is 0 Å². The Morgan fingerprint density at radius 3 is 2.50 bits per heavy atom. The van der Waals surface area contributed by atoms with Crippen LogP contribution in [0.15, 0.2) is 0 Å². The minimum absolute atomic E-state index is 0.389. The molecule has 0 aromatic rings. The third-order valence-corrected chi connectivity index (χ3v) is 1.76. The Morgan fingerprint density at radius 1 is 1.67 bits per heavy atom. The molecule has 0 radical (unpaired) electrons. The van der Waals surface area contributed by atoms with E-state index in [-0.39, 0.29) is 0 Å². The Bertz CT molecular complexity index is 20.8. The summed E-state index contributed by atoms with van der Waals surface area (Å²) in [7, 11) is 0. The van der Waals surface area contributed by atoms with E-state index in [1.165, 1.54) is 0 Å². The molecule has 0 aliphatic heterocycles. The second-order valence-electron chi connectivity index (χ2n) is 0.720. The number of rotatable bonds is 3. The van der Waals surface area contributed by atoms with Gasteiger partial charge in [-0.25, -0.2) is 0 Å². The van der Waals surface area contributed by atoms with Crippen molar-refractivity contribution in [3.8, 4) is 0 Å². The summed E-state index contributed by atoms with van der Waals surface area (Å²) in [5.74, 6) is 1.01. The summed E-state index contributed by atoms with van der Waals surface area (Å²) in [6, 6.07) is 0. The van der Waals surface area contributed by atoms with Crippen molar-refractivity contribution in [3.63, 3.8) is 0 Å². The zero-order chi connectivity index (χ0) is 4.83. The summed E-state index contributed by atoms with van der Waals surface area (Å²) in [4.78, 5) is 0. The smallest absolute Gasteiger partial charge is 0.0708 e. The number of hydrogen-bond acceptors (Lipinski definition) is 2. The third-order valence-electron chi connectivity index (χ3n) is 0.332. The van der Waals surface area contributed by atoms with Gasteiger partial charge in [0.25, 0.3) is 0 Å². The van der Waals surface area contributed by atoms with Gasteiger partial charge in [-0.05, 0) is 5.75 Å². The maximum atomic E-state index is 11.1. The van der Waals surface area contributed by atoms with Crippen molar-refractivity contribution in [3.05, 3.63) is 0 Å². The first-order valence-corrected chi connectivity index (χ1v) is 3.77. The van der Waals surface area contributed by atoms with Gasteiger partial charge >= 0.3 is 0 Å². The molecule has 0 aliphatic rings. The molecular weight excluding hydrogens is 119 g/mol. The highest BCUT2D eigenvalue weighted by Gasteiger charge is 1.78. The molecule has 0 nitrogen and oxygen atoms in total. The molecule has 0 bridgehead atoms. The normalized spacial score (nSPS) is 9.00. The van der Waals surface area contributed by atoms with Crippen LogP contribution in [-0.4, -0.2) is 10.8 Å². The standard InChI is InChI=1S/C3H7FS2/c1-2-5-3-6-4/h2-3H2,1H3. The van der Waals surface area contributed by atoms with Crippen LogP contribution in [0.2, 0.25) is 0 Å². The van der Waals surface area contributed by atoms with Crippen LogP contribution in [0.5, 0.6) is 0 Å². The lowest BCUT2D eigenvalue weighted by molar-refractivity contribution is 0.943. The maximum absolute atomic E-state index is 11.1. The summed E-state index contributed by atoms with van der Waals surface area (Å²) in [6.45, 7) is 2.01. The van der Waals surface area contributed by atoms with E-state index in [9.17, 15) is 3.89 Å². The van der Waals surface area contributed by atoms with Gasteiger partial charge in [-0.3, -0.25) is 0 Å².